The van der Waals surface area contributed by atoms with Crippen molar-refractivity contribution in [3.05, 3.63) is 24.0 Å². The highest BCUT2D eigenvalue weighted by molar-refractivity contribution is 6.00. The summed E-state index contributed by atoms with van der Waals surface area (Å²) in [5.41, 5.74) is 0.256. The molecule has 1 fully saturated rings. The first-order valence-corrected chi connectivity index (χ1v) is 6.43. The second-order valence-corrected chi connectivity index (χ2v) is 5.27. The number of aromatic nitrogens is 1. The zero-order valence-corrected chi connectivity index (χ0v) is 10.5. The molecule has 0 spiro atoms. The normalized spacial score (nSPS) is 28.6. The number of fused-ring (bicyclic) bond motifs is 1. The van der Waals surface area contributed by atoms with Gasteiger partial charge in [-0.25, -0.2) is 0 Å². The summed E-state index contributed by atoms with van der Waals surface area (Å²) < 4.78 is 11.5. The molecule has 18 heavy (non-hydrogen) atoms. The van der Waals surface area contributed by atoms with Crippen LogP contribution in [0.5, 0.6) is 5.75 Å². The summed E-state index contributed by atoms with van der Waals surface area (Å²) in [7, 11) is 0. The molecule has 1 saturated heterocycles. The van der Waals surface area contributed by atoms with E-state index < -0.39 is 5.60 Å². The Morgan fingerprint density at radius 1 is 1.39 bits per heavy atom. The molecule has 1 aromatic heterocycles. The SMILES string of the molecule is CC1(C2CCOCC2)CC(=O)c2ccncc2O1. The molecule has 96 valence electrons. The van der Waals surface area contributed by atoms with Crippen LogP contribution >= 0.6 is 0 Å². The average Bonchev–Trinajstić information content (AvgIpc) is 2.40. The summed E-state index contributed by atoms with van der Waals surface area (Å²) >= 11 is 0. The third-order valence-corrected chi connectivity index (χ3v) is 4.02. The van der Waals surface area contributed by atoms with Gasteiger partial charge in [-0.05, 0) is 25.8 Å². The van der Waals surface area contributed by atoms with E-state index in [1.54, 1.807) is 18.5 Å². The predicted octanol–water partition coefficient (Wildman–Crippen LogP) is 2.23. The maximum Gasteiger partial charge on any atom is 0.170 e. The van der Waals surface area contributed by atoms with Crippen LogP contribution < -0.4 is 4.74 Å². The van der Waals surface area contributed by atoms with E-state index in [-0.39, 0.29) is 5.78 Å². The maximum atomic E-state index is 12.2. The maximum absolute atomic E-state index is 12.2. The average molecular weight is 247 g/mol. The minimum Gasteiger partial charge on any atom is -0.484 e. The lowest BCUT2D eigenvalue weighted by atomic mass is 9.77. The zero-order chi connectivity index (χ0) is 12.6. The van der Waals surface area contributed by atoms with Crippen molar-refractivity contribution in [1.29, 1.82) is 0 Å². The Morgan fingerprint density at radius 2 is 2.17 bits per heavy atom. The fraction of sp³-hybridized carbons (Fsp3) is 0.571. The first-order chi connectivity index (χ1) is 8.69. The highest BCUT2D eigenvalue weighted by Gasteiger charge is 2.43. The van der Waals surface area contributed by atoms with Crippen molar-refractivity contribution < 1.29 is 14.3 Å². The van der Waals surface area contributed by atoms with Crippen LogP contribution in [-0.4, -0.2) is 29.6 Å². The molecule has 4 nitrogen and oxygen atoms in total. The molecule has 0 amide bonds. The molecule has 0 saturated carbocycles. The molecule has 1 unspecified atom stereocenters. The van der Waals surface area contributed by atoms with Gasteiger partial charge in [-0.1, -0.05) is 0 Å². The number of pyridine rings is 1. The van der Waals surface area contributed by atoms with Crippen molar-refractivity contribution in [2.75, 3.05) is 13.2 Å². The summed E-state index contributed by atoms with van der Waals surface area (Å²) in [4.78, 5) is 16.2. The fourth-order valence-corrected chi connectivity index (χ4v) is 2.93. The topological polar surface area (TPSA) is 48.4 Å². The molecule has 0 aromatic carbocycles. The van der Waals surface area contributed by atoms with Crippen LogP contribution in [0, 0.1) is 5.92 Å². The molecule has 0 radical (unpaired) electrons. The first kappa shape index (κ1) is 11.7. The number of ketones is 1. The smallest absolute Gasteiger partial charge is 0.170 e. The summed E-state index contributed by atoms with van der Waals surface area (Å²) in [6, 6.07) is 1.74. The van der Waals surface area contributed by atoms with Crippen LogP contribution in [0.3, 0.4) is 0 Å². The van der Waals surface area contributed by atoms with Gasteiger partial charge in [-0.3, -0.25) is 9.78 Å². The van der Waals surface area contributed by atoms with Gasteiger partial charge in [0.1, 0.15) is 11.4 Å². The third kappa shape index (κ3) is 1.90. The van der Waals surface area contributed by atoms with Gasteiger partial charge in [0.25, 0.3) is 0 Å². The van der Waals surface area contributed by atoms with E-state index in [1.807, 2.05) is 6.92 Å². The molecular formula is C14H17NO3. The van der Waals surface area contributed by atoms with E-state index in [4.69, 9.17) is 9.47 Å². The number of carbonyl (C=O) groups excluding carboxylic acids is 1. The molecule has 3 heterocycles. The fourth-order valence-electron chi connectivity index (χ4n) is 2.93. The summed E-state index contributed by atoms with van der Waals surface area (Å²) in [6.07, 6.45) is 5.65. The molecule has 2 aliphatic rings. The van der Waals surface area contributed by atoms with E-state index >= 15 is 0 Å². The lowest BCUT2D eigenvalue weighted by molar-refractivity contribution is -0.0419. The molecule has 0 bridgehead atoms. The number of hydrogen-bond donors (Lipinski definition) is 0. The lowest BCUT2D eigenvalue weighted by Crippen LogP contribution is -2.47. The van der Waals surface area contributed by atoms with Crippen LogP contribution in [0.2, 0.25) is 0 Å². The van der Waals surface area contributed by atoms with Crippen LogP contribution in [-0.2, 0) is 4.74 Å². The van der Waals surface area contributed by atoms with Crippen molar-refractivity contribution in [3.63, 3.8) is 0 Å². The van der Waals surface area contributed by atoms with Crippen LogP contribution in [0.25, 0.3) is 0 Å². The molecule has 1 atom stereocenters. The van der Waals surface area contributed by atoms with E-state index in [0.717, 1.165) is 26.1 Å². The third-order valence-electron chi connectivity index (χ3n) is 4.02. The van der Waals surface area contributed by atoms with Gasteiger partial charge in [0.2, 0.25) is 0 Å². The van der Waals surface area contributed by atoms with E-state index in [9.17, 15) is 4.79 Å². The Bertz CT molecular complexity index is 468. The lowest BCUT2D eigenvalue weighted by Gasteiger charge is -2.42. The molecule has 2 aliphatic heterocycles. The molecule has 1 aromatic rings. The number of hydrogen-bond acceptors (Lipinski definition) is 4. The van der Waals surface area contributed by atoms with Crippen LogP contribution in [0.4, 0.5) is 0 Å². The standard InChI is InChI=1S/C14H17NO3/c1-14(10-3-6-17-7-4-10)8-12(16)11-2-5-15-9-13(11)18-14/h2,5,9-10H,3-4,6-8H2,1H3. The van der Waals surface area contributed by atoms with Gasteiger partial charge in [-0.2, -0.15) is 0 Å². The largest absolute Gasteiger partial charge is 0.484 e. The van der Waals surface area contributed by atoms with Crippen LogP contribution in [0.15, 0.2) is 18.5 Å². The summed E-state index contributed by atoms with van der Waals surface area (Å²) in [5.74, 6) is 1.17. The quantitative estimate of drug-likeness (QED) is 0.763. The Morgan fingerprint density at radius 3 is 2.94 bits per heavy atom. The minimum absolute atomic E-state index is 0.160. The van der Waals surface area contributed by atoms with Crippen molar-refractivity contribution in [2.24, 2.45) is 5.92 Å². The minimum atomic E-state index is -0.406. The molecule has 0 N–H and O–H groups in total. The number of nitrogens with zero attached hydrogens (tertiary/aromatic N) is 1. The van der Waals surface area contributed by atoms with Crippen molar-refractivity contribution in [2.45, 2.75) is 31.8 Å². The van der Waals surface area contributed by atoms with Crippen molar-refractivity contribution in [1.82, 2.24) is 4.98 Å². The van der Waals surface area contributed by atoms with Gasteiger partial charge >= 0.3 is 0 Å². The van der Waals surface area contributed by atoms with E-state index in [0.29, 0.717) is 23.7 Å². The van der Waals surface area contributed by atoms with Crippen LogP contribution in [0.1, 0.15) is 36.5 Å². The first-order valence-electron chi connectivity index (χ1n) is 6.43. The summed E-state index contributed by atoms with van der Waals surface area (Å²) in [5, 5.41) is 0. The van der Waals surface area contributed by atoms with Gasteiger partial charge < -0.3 is 9.47 Å². The molecule has 0 aliphatic carbocycles. The van der Waals surface area contributed by atoms with Crippen molar-refractivity contribution >= 4 is 5.78 Å². The second-order valence-electron chi connectivity index (χ2n) is 5.27. The van der Waals surface area contributed by atoms with E-state index in [1.165, 1.54) is 0 Å². The highest BCUT2D eigenvalue weighted by atomic mass is 16.5. The van der Waals surface area contributed by atoms with Gasteiger partial charge in [0.15, 0.2) is 5.78 Å². The molecular weight excluding hydrogens is 230 g/mol. The Balaban J connectivity index is 1.90. The van der Waals surface area contributed by atoms with Gasteiger partial charge in [0.05, 0.1) is 18.2 Å². The number of Topliss-reactive ketones (excluding diaryl/α,β-unsaturated/α-hetero) is 1. The number of carbonyl (C=O) groups is 1. The number of rotatable bonds is 1. The molecule has 4 heteroatoms. The second kappa shape index (κ2) is 4.35. The predicted molar refractivity (Wildman–Crippen MR) is 65.8 cm³/mol. The Hall–Kier alpha value is -1.42. The monoisotopic (exact) mass is 247 g/mol. The Labute approximate surface area is 106 Å². The zero-order valence-electron chi connectivity index (χ0n) is 10.5. The van der Waals surface area contributed by atoms with Gasteiger partial charge in [0, 0.05) is 25.3 Å². The Kier molecular flexibility index (Phi) is 2.82. The summed E-state index contributed by atoms with van der Waals surface area (Å²) in [6.45, 7) is 3.56. The van der Waals surface area contributed by atoms with Gasteiger partial charge in [-0.15, -0.1) is 0 Å². The van der Waals surface area contributed by atoms with Crippen molar-refractivity contribution in [3.8, 4) is 5.75 Å². The van der Waals surface area contributed by atoms with E-state index in [2.05, 4.69) is 4.98 Å². The highest BCUT2D eigenvalue weighted by Crippen LogP contribution is 2.40. The number of ether oxygens (including phenoxy) is 2. The molecule has 3 rings (SSSR count).